The first kappa shape index (κ1) is 13.9. The van der Waals surface area contributed by atoms with Gasteiger partial charge in [-0.25, -0.2) is 0 Å². The van der Waals surface area contributed by atoms with Crippen molar-refractivity contribution in [2.24, 2.45) is 0 Å². The van der Waals surface area contributed by atoms with Crippen LogP contribution < -0.4 is 16.4 Å². The molecule has 0 saturated carbocycles. The maximum absolute atomic E-state index is 12.3. The number of anilines is 2. The molecule has 1 heterocycles. The Morgan fingerprint density at radius 3 is 2.55 bits per heavy atom. The molecule has 0 radical (unpaired) electrons. The fraction of sp³-hybridized carbons (Fsp3) is 0.125. The van der Waals surface area contributed by atoms with Crippen LogP contribution in [0.4, 0.5) is 11.4 Å². The molecule has 0 fully saturated rings. The van der Waals surface area contributed by atoms with Crippen LogP contribution in [-0.2, 0) is 11.2 Å². The van der Waals surface area contributed by atoms with Crippen molar-refractivity contribution >= 4 is 23.2 Å². The number of phenolic OH excluding ortho intramolecular Hbond substituents is 1. The van der Waals surface area contributed by atoms with Gasteiger partial charge in [0.05, 0.1) is 11.3 Å². The summed E-state index contributed by atoms with van der Waals surface area (Å²) in [6.45, 7) is 0. The molecule has 0 aromatic heterocycles. The number of amides is 2. The Bertz CT molecular complexity index is 741. The molecule has 0 saturated heterocycles. The number of hydrogen-bond donors (Lipinski definition) is 4. The lowest BCUT2D eigenvalue weighted by Crippen LogP contribution is -2.42. The molecule has 1 aliphatic heterocycles. The molecule has 0 aliphatic carbocycles. The summed E-state index contributed by atoms with van der Waals surface area (Å²) in [7, 11) is 0. The molecule has 6 nitrogen and oxygen atoms in total. The number of nitrogen functional groups attached to an aromatic ring is 1. The molecule has 1 atom stereocenters. The number of fused-ring (bicyclic) bond motifs is 1. The van der Waals surface area contributed by atoms with Gasteiger partial charge in [0.2, 0.25) is 5.91 Å². The van der Waals surface area contributed by atoms with Crippen molar-refractivity contribution in [2.75, 3.05) is 11.1 Å². The third-order valence-electron chi connectivity index (χ3n) is 3.58. The number of carbonyl (C=O) groups excluding carboxylic acids is 2. The van der Waals surface area contributed by atoms with Crippen molar-refractivity contribution in [2.45, 2.75) is 12.5 Å². The van der Waals surface area contributed by atoms with E-state index in [1.807, 2.05) is 0 Å². The second-order valence-corrected chi connectivity index (χ2v) is 5.16. The van der Waals surface area contributed by atoms with Crippen LogP contribution in [0.2, 0.25) is 0 Å². The highest BCUT2D eigenvalue weighted by Gasteiger charge is 2.29. The van der Waals surface area contributed by atoms with Gasteiger partial charge in [0, 0.05) is 12.1 Å². The summed E-state index contributed by atoms with van der Waals surface area (Å²) >= 11 is 0. The highest BCUT2D eigenvalue weighted by molar-refractivity contribution is 6.12. The standard InChI is InChI=1S/C16H15N3O3/c17-11-2-1-3-12-14(11)16(22)19-13(15(21)18-12)8-9-4-6-10(20)7-5-9/h1-7,13,20H,8,17H2,(H,18,21)(H,19,22)/t13-/m0/s1. The average molecular weight is 297 g/mol. The van der Waals surface area contributed by atoms with Gasteiger partial charge in [-0.1, -0.05) is 18.2 Å². The van der Waals surface area contributed by atoms with Crippen LogP contribution in [0, 0.1) is 0 Å². The number of hydrogen-bond acceptors (Lipinski definition) is 4. The summed E-state index contributed by atoms with van der Waals surface area (Å²) in [4.78, 5) is 24.6. The third kappa shape index (κ3) is 2.58. The van der Waals surface area contributed by atoms with E-state index in [-0.39, 0.29) is 23.1 Å². The van der Waals surface area contributed by atoms with Crippen molar-refractivity contribution in [1.82, 2.24) is 5.32 Å². The summed E-state index contributed by atoms with van der Waals surface area (Å²) < 4.78 is 0. The van der Waals surface area contributed by atoms with E-state index in [1.165, 1.54) is 0 Å². The maximum atomic E-state index is 12.3. The Labute approximate surface area is 126 Å². The highest BCUT2D eigenvalue weighted by Crippen LogP contribution is 2.25. The Hall–Kier alpha value is -3.02. The van der Waals surface area contributed by atoms with Gasteiger partial charge in [0.25, 0.3) is 5.91 Å². The zero-order valence-corrected chi connectivity index (χ0v) is 11.7. The van der Waals surface area contributed by atoms with Crippen LogP contribution in [-0.4, -0.2) is 23.0 Å². The predicted octanol–water partition coefficient (Wildman–Crippen LogP) is 1.27. The molecule has 1 aliphatic rings. The fourth-order valence-electron chi connectivity index (χ4n) is 2.46. The lowest BCUT2D eigenvalue weighted by Gasteiger charge is -2.14. The van der Waals surface area contributed by atoms with Crippen molar-refractivity contribution in [3.63, 3.8) is 0 Å². The van der Waals surface area contributed by atoms with Crippen molar-refractivity contribution in [3.8, 4) is 5.75 Å². The minimum Gasteiger partial charge on any atom is -0.508 e. The topological polar surface area (TPSA) is 104 Å². The monoisotopic (exact) mass is 297 g/mol. The molecular weight excluding hydrogens is 282 g/mol. The van der Waals surface area contributed by atoms with E-state index in [0.717, 1.165) is 5.56 Å². The highest BCUT2D eigenvalue weighted by atomic mass is 16.3. The lowest BCUT2D eigenvalue weighted by atomic mass is 10.1. The number of benzene rings is 2. The first-order valence-corrected chi connectivity index (χ1v) is 6.83. The van der Waals surface area contributed by atoms with Crippen LogP contribution >= 0.6 is 0 Å². The average Bonchev–Trinajstić information content (AvgIpc) is 2.59. The maximum Gasteiger partial charge on any atom is 0.256 e. The summed E-state index contributed by atoms with van der Waals surface area (Å²) in [5.41, 5.74) is 7.67. The van der Waals surface area contributed by atoms with Gasteiger partial charge in [-0.05, 0) is 29.8 Å². The largest absolute Gasteiger partial charge is 0.508 e. The van der Waals surface area contributed by atoms with E-state index in [1.54, 1.807) is 42.5 Å². The third-order valence-corrected chi connectivity index (χ3v) is 3.58. The first-order chi connectivity index (χ1) is 10.5. The molecule has 6 heteroatoms. The van der Waals surface area contributed by atoms with Gasteiger partial charge >= 0.3 is 0 Å². The van der Waals surface area contributed by atoms with Gasteiger partial charge in [-0.3, -0.25) is 9.59 Å². The number of carbonyl (C=O) groups is 2. The molecular formula is C16H15N3O3. The van der Waals surface area contributed by atoms with E-state index in [0.29, 0.717) is 17.8 Å². The Balaban J connectivity index is 1.87. The van der Waals surface area contributed by atoms with Crippen LogP contribution in [0.5, 0.6) is 5.75 Å². The minimum atomic E-state index is -0.705. The van der Waals surface area contributed by atoms with E-state index < -0.39 is 6.04 Å². The van der Waals surface area contributed by atoms with E-state index >= 15 is 0 Å². The van der Waals surface area contributed by atoms with Crippen LogP contribution in [0.25, 0.3) is 0 Å². The Morgan fingerprint density at radius 2 is 1.82 bits per heavy atom. The summed E-state index contributed by atoms with van der Waals surface area (Å²) in [6.07, 6.45) is 0.325. The second-order valence-electron chi connectivity index (χ2n) is 5.16. The van der Waals surface area contributed by atoms with Gasteiger partial charge in [0.1, 0.15) is 11.8 Å². The lowest BCUT2D eigenvalue weighted by molar-refractivity contribution is -0.117. The molecule has 2 aromatic rings. The summed E-state index contributed by atoms with van der Waals surface area (Å²) in [6, 6.07) is 10.7. The van der Waals surface area contributed by atoms with Crippen molar-refractivity contribution < 1.29 is 14.7 Å². The molecule has 2 amide bonds. The van der Waals surface area contributed by atoms with Crippen LogP contribution in [0.15, 0.2) is 42.5 Å². The SMILES string of the molecule is Nc1cccc2c1C(=O)N[C@@H](Cc1ccc(O)cc1)C(=O)N2. The van der Waals surface area contributed by atoms with Crippen molar-refractivity contribution in [1.29, 1.82) is 0 Å². The molecule has 0 unspecified atom stereocenters. The molecule has 0 bridgehead atoms. The smallest absolute Gasteiger partial charge is 0.256 e. The summed E-state index contributed by atoms with van der Waals surface area (Å²) in [5, 5.41) is 14.7. The number of aromatic hydroxyl groups is 1. The Morgan fingerprint density at radius 1 is 1.09 bits per heavy atom. The van der Waals surface area contributed by atoms with Gasteiger partial charge < -0.3 is 21.5 Å². The molecule has 3 rings (SSSR count). The molecule has 0 spiro atoms. The van der Waals surface area contributed by atoms with Crippen LogP contribution in [0.1, 0.15) is 15.9 Å². The van der Waals surface area contributed by atoms with E-state index in [2.05, 4.69) is 10.6 Å². The number of phenols is 1. The van der Waals surface area contributed by atoms with E-state index in [9.17, 15) is 14.7 Å². The second kappa shape index (κ2) is 5.40. The Kier molecular flexibility index (Phi) is 3.42. The zero-order valence-electron chi connectivity index (χ0n) is 11.7. The minimum absolute atomic E-state index is 0.151. The fourth-order valence-corrected chi connectivity index (χ4v) is 2.46. The van der Waals surface area contributed by atoms with Gasteiger partial charge in [0.15, 0.2) is 0 Å². The molecule has 22 heavy (non-hydrogen) atoms. The van der Waals surface area contributed by atoms with Gasteiger partial charge in [-0.15, -0.1) is 0 Å². The quantitative estimate of drug-likeness (QED) is 0.626. The van der Waals surface area contributed by atoms with E-state index in [4.69, 9.17) is 5.73 Å². The normalized spacial score (nSPS) is 17.2. The zero-order chi connectivity index (χ0) is 15.7. The summed E-state index contributed by atoms with van der Waals surface area (Å²) in [5.74, 6) is -0.528. The number of rotatable bonds is 2. The van der Waals surface area contributed by atoms with Crippen LogP contribution in [0.3, 0.4) is 0 Å². The molecule has 112 valence electrons. The molecule has 5 N–H and O–H groups in total. The predicted molar refractivity (Wildman–Crippen MR) is 82.5 cm³/mol. The number of nitrogens with one attached hydrogen (secondary N) is 2. The first-order valence-electron chi connectivity index (χ1n) is 6.83. The van der Waals surface area contributed by atoms with Gasteiger partial charge in [-0.2, -0.15) is 0 Å². The van der Waals surface area contributed by atoms with Crippen molar-refractivity contribution in [3.05, 3.63) is 53.6 Å². The number of nitrogens with two attached hydrogens (primary N) is 1. The molecule has 2 aromatic carbocycles.